The predicted octanol–water partition coefficient (Wildman–Crippen LogP) is 3.05. The third-order valence-electron chi connectivity index (χ3n) is 4.02. The molecule has 152 valence electrons. The minimum atomic E-state index is -4.69. The maximum Gasteiger partial charge on any atom is 0.417 e. The topological polar surface area (TPSA) is 65.9 Å². The molecular weight excluding hydrogens is 370 g/mol. The second-order valence-corrected chi connectivity index (χ2v) is 7.31. The summed E-state index contributed by atoms with van der Waals surface area (Å²) in [5.74, 6) is -1.33. The van der Waals surface area contributed by atoms with Gasteiger partial charge in [-0.2, -0.15) is 13.2 Å². The fourth-order valence-electron chi connectivity index (χ4n) is 2.82. The lowest BCUT2D eigenvalue weighted by Crippen LogP contribution is -2.56. The summed E-state index contributed by atoms with van der Waals surface area (Å²) in [5.41, 5.74) is -1.85. The quantitative estimate of drug-likeness (QED) is 0.800. The molecule has 1 unspecified atom stereocenters. The van der Waals surface area contributed by atoms with Gasteiger partial charge in [0.05, 0.1) is 11.6 Å². The molecule has 2 heterocycles. The van der Waals surface area contributed by atoms with Crippen molar-refractivity contribution in [2.45, 2.75) is 45.0 Å². The second-order valence-electron chi connectivity index (χ2n) is 7.31. The van der Waals surface area contributed by atoms with E-state index in [-0.39, 0.29) is 38.5 Å². The van der Waals surface area contributed by atoms with Crippen molar-refractivity contribution < 1.29 is 32.2 Å². The summed E-state index contributed by atoms with van der Waals surface area (Å²) in [5, 5.41) is 9.29. The number of aliphatic hydroxyl groups excluding tert-OH is 1. The van der Waals surface area contributed by atoms with Crippen LogP contribution < -0.4 is 4.90 Å². The molecule has 1 aromatic heterocycles. The number of rotatable bonds is 3. The van der Waals surface area contributed by atoms with Crippen LogP contribution in [0, 0.1) is 5.82 Å². The molecule has 1 aliphatic rings. The minimum Gasteiger partial charge on any atom is -0.444 e. The number of anilines is 1. The zero-order chi connectivity index (χ0) is 20.4. The number of hydrogen-bond acceptors (Lipinski definition) is 5. The summed E-state index contributed by atoms with van der Waals surface area (Å²) in [6.45, 7) is 5.44. The van der Waals surface area contributed by atoms with Gasteiger partial charge in [-0.15, -0.1) is 0 Å². The van der Waals surface area contributed by atoms with Crippen LogP contribution >= 0.6 is 0 Å². The molecule has 0 aliphatic carbocycles. The predicted molar refractivity (Wildman–Crippen MR) is 89.8 cm³/mol. The Morgan fingerprint density at radius 2 is 2.00 bits per heavy atom. The largest absolute Gasteiger partial charge is 0.444 e. The number of pyridine rings is 1. The lowest BCUT2D eigenvalue weighted by molar-refractivity contribution is -0.138. The van der Waals surface area contributed by atoms with Crippen LogP contribution in [0.15, 0.2) is 12.3 Å². The Morgan fingerprint density at radius 3 is 2.52 bits per heavy atom. The molecule has 0 radical (unpaired) electrons. The van der Waals surface area contributed by atoms with Crippen molar-refractivity contribution in [2.75, 3.05) is 31.1 Å². The van der Waals surface area contributed by atoms with E-state index in [4.69, 9.17) is 4.74 Å². The maximum absolute atomic E-state index is 14.3. The monoisotopic (exact) mass is 393 g/mol. The first-order valence-corrected chi connectivity index (χ1v) is 8.50. The Morgan fingerprint density at radius 1 is 1.33 bits per heavy atom. The maximum atomic E-state index is 14.3. The molecule has 1 N–H and O–H groups in total. The standard InChI is InChI=1S/C17H23F4N3O3/c1-16(2,3)27-15(26)23-5-6-24(12(10-23)4-7-25)14-13(18)8-11(9-22-14)17(19,20)21/h8-9,12,25H,4-7,10H2,1-3H3. The number of aliphatic hydroxyl groups is 1. The van der Waals surface area contributed by atoms with Gasteiger partial charge in [0.2, 0.25) is 0 Å². The molecule has 1 saturated heterocycles. The van der Waals surface area contributed by atoms with Crippen molar-refractivity contribution in [1.29, 1.82) is 0 Å². The summed E-state index contributed by atoms with van der Waals surface area (Å²) in [7, 11) is 0. The number of aromatic nitrogens is 1. The Bertz CT molecular complexity index is 676. The van der Waals surface area contributed by atoms with Crippen molar-refractivity contribution in [1.82, 2.24) is 9.88 Å². The molecule has 1 amide bonds. The number of ether oxygens (including phenoxy) is 1. The van der Waals surface area contributed by atoms with Crippen LogP contribution in [0.2, 0.25) is 0 Å². The first-order chi connectivity index (χ1) is 12.4. The molecule has 0 saturated carbocycles. The fraction of sp³-hybridized carbons (Fsp3) is 0.647. The molecule has 1 aromatic rings. The van der Waals surface area contributed by atoms with Crippen molar-refractivity contribution in [3.63, 3.8) is 0 Å². The SMILES string of the molecule is CC(C)(C)OC(=O)N1CCN(c2ncc(C(F)(F)F)cc2F)C(CCO)C1. The highest BCUT2D eigenvalue weighted by Crippen LogP contribution is 2.32. The minimum absolute atomic E-state index is 0.137. The van der Waals surface area contributed by atoms with Gasteiger partial charge in [-0.25, -0.2) is 14.2 Å². The van der Waals surface area contributed by atoms with Crippen LogP contribution in [0.5, 0.6) is 0 Å². The number of amides is 1. The Kier molecular flexibility index (Phi) is 6.18. The molecule has 0 aromatic carbocycles. The zero-order valence-corrected chi connectivity index (χ0v) is 15.4. The summed E-state index contributed by atoms with van der Waals surface area (Å²) < 4.78 is 57.7. The Balaban J connectivity index is 2.20. The molecule has 1 fully saturated rings. The fourth-order valence-corrected chi connectivity index (χ4v) is 2.82. The van der Waals surface area contributed by atoms with Gasteiger partial charge in [-0.05, 0) is 33.3 Å². The number of carbonyl (C=O) groups excluding carboxylic acids is 1. The van der Waals surface area contributed by atoms with E-state index in [0.717, 1.165) is 0 Å². The lowest BCUT2D eigenvalue weighted by Gasteiger charge is -2.42. The molecule has 2 rings (SSSR count). The third-order valence-corrected chi connectivity index (χ3v) is 4.02. The average Bonchev–Trinajstić information content (AvgIpc) is 2.53. The van der Waals surface area contributed by atoms with Gasteiger partial charge >= 0.3 is 12.3 Å². The van der Waals surface area contributed by atoms with E-state index in [1.165, 1.54) is 9.80 Å². The van der Waals surface area contributed by atoms with Crippen LogP contribution in [-0.2, 0) is 10.9 Å². The summed E-state index contributed by atoms with van der Waals surface area (Å²) in [6, 6.07) is -0.103. The average molecular weight is 393 g/mol. The highest BCUT2D eigenvalue weighted by atomic mass is 19.4. The van der Waals surface area contributed by atoms with Gasteiger partial charge in [0, 0.05) is 32.4 Å². The molecule has 0 bridgehead atoms. The molecule has 27 heavy (non-hydrogen) atoms. The number of hydrogen-bond donors (Lipinski definition) is 1. The number of nitrogens with zero attached hydrogens (tertiary/aromatic N) is 3. The number of halogens is 4. The first kappa shape index (κ1) is 21.2. The van der Waals surface area contributed by atoms with Gasteiger partial charge in [0.15, 0.2) is 11.6 Å². The molecule has 6 nitrogen and oxygen atoms in total. The molecule has 0 spiro atoms. The van der Waals surface area contributed by atoms with Crippen LogP contribution in [0.4, 0.5) is 28.2 Å². The van der Waals surface area contributed by atoms with Crippen LogP contribution in [0.1, 0.15) is 32.8 Å². The summed E-state index contributed by atoms with van der Waals surface area (Å²) in [4.78, 5) is 18.8. The number of alkyl halides is 3. The number of carbonyl (C=O) groups is 1. The third kappa shape index (κ3) is 5.44. The van der Waals surface area contributed by atoms with Gasteiger partial charge in [0.1, 0.15) is 5.60 Å². The lowest BCUT2D eigenvalue weighted by atomic mass is 10.1. The van der Waals surface area contributed by atoms with E-state index in [1.807, 2.05) is 0 Å². The van der Waals surface area contributed by atoms with E-state index in [0.29, 0.717) is 12.3 Å². The van der Waals surface area contributed by atoms with Crippen LogP contribution in [0.25, 0.3) is 0 Å². The van der Waals surface area contributed by atoms with E-state index in [2.05, 4.69) is 4.98 Å². The van der Waals surface area contributed by atoms with Gasteiger partial charge in [-0.3, -0.25) is 0 Å². The highest BCUT2D eigenvalue weighted by Gasteiger charge is 2.36. The Hall–Kier alpha value is -2.10. The summed E-state index contributed by atoms with van der Waals surface area (Å²) in [6.07, 6.45) is -4.45. The van der Waals surface area contributed by atoms with Crippen molar-refractivity contribution in [3.05, 3.63) is 23.6 Å². The Labute approximate surface area is 154 Å². The molecular formula is C17H23F4N3O3. The van der Waals surface area contributed by atoms with E-state index in [9.17, 15) is 27.5 Å². The van der Waals surface area contributed by atoms with E-state index < -0.39 is 35.3 Å². The van der Waals surface area contributed by atoms with Gasteiger partial charge < -0.3 is 19.6 Å². The molecule has 1 atom stereocenters. The van der Waals surface area contributed by atoms with Crippen molar-refractivity contribution in [3.8, 4) is 0 Å². The number of piperazine rings is 1. The van der Waals surface area contributed by atoms with Crippen LogP contribution in [0.3, 0.4) is 0 Å². The van der Waals surface area contributed by atoms with Crippen molar-refractivity contribution in [2.24, 2.45) is 0 Å². The second kappa shape index (κ2) is 7.87. The van der Waals surface area contributed by atoms with Crippen molar-refractivity contribution >= 4 is 11.9 Å². The molecule has 1 aliphatic heterocycles. The van der Waals surface area contributed by atoms with E-state index in [1.54, 1.807) is 20.8 Å². The van der Waals surface area contributed by atoms with Gasteiger partial charge in [0.25, 0.3) is 0 Å². The normalized spacial score (nSPS) is 18.6. The van der Waals surface area contributed by atoms with Crippen LogP contribution in [-0.4, -0.2) is 59.0 Å². The smallest absolute Gasteiger partial charge is 0.417 e. The first-order valence-electron chi connectivity index (χ1n) is 8.50. The van der Waals surface area contributed by atoms with E-state index >= 15 is 0 Å². The van der Waals surface area contributed by atoms with Gasteiger partial charge in [-0.1, -0.05) is 0 Å². The molecule has 10 heteroatoms. The highest BCUT2D eigenvalue weighted by molar-refractivity contribution is 5.68. The summed E-state index contributed by atoms with van der Waals surface area (Å²) >= 11 is 0. The zero-order valence-electron chi connectivity index (χ0n) is 15.4.